The van der Waals surface area contributed by atoms with Crippen LogP contribution in [-0.4, -0.2) is 104 Å². The number of halogens is 2. The zero-order valence-corrected chi connectivity index (χ0v) is 35.9. The fourth-order valence-electron chi connectivity index (χ4n) is 7.24. The first-order valence-electron chi connectivity index (χ1n) is 19.4. The molecule has 3 aliphatic rings. The lowest BCUT2D eigenvalue weighted by atomic mass is 10.1. The van der Waals surface area contributed by atoms with Crippen LogP contribution in [0.5, 0.6) is 11.5 Å². The molecule has 6 aromatic rings. The third kappa shape index (κ3) is 8.79. The smallest absolute Gasteiger partial charge is 0.389 e. The molecule has 2 aromatic carbocycles. The number of alkyl halides is 2. The van der Waals surface area contributed by atoms with E-state index < -0.39 is 88.2 Å². The molecule has 3 saturated heterocycles. The van der Waals surface area contributed by atoms with Gasteiger partial charge in [-0.2, -0.15) is 4.98 Å². The zero-order valence-electron chi connectivity index (χ0n) is 33.2. The Hall–Kier alpha value is -5.23. The fourth-order valence-corrected chi connectivity index (χ4v) is 11.6. The quantitative estimate of drug-likeness (QED) is 0.0748. The summed E-state index contributed by atoms with van der Waals surface area (Å²) in [6.45, 7) is -3.80. The molecule has 334 valence electrons. The summed E-state index contributed by atoms with van der Waals surface area (Å²) >= 11 is 0.651. The molecule has 21 nitrogen and oxygen atoms in total. The van der Waals surface area contributed by atoms with E-state index in [1.54, 1.807) is 36.4 Å². The van der Waals surface area contributed by atoms with Gasteiger partial charge >= 0.3 is 12.8 Å². The predicted molar refractivity (Wildman–Crippen MR) is 225 cm³/mol. The number of nitrogens with one attached hydrogen (secondary N) is 1. The average Bonchev–Trinajstić information content (AvgIpc) is 4.04. The second kappa shape index (κ2) is 17.6. The molecule has 0 unspecified atom stereocenters. The normalized spacial score (nSPS) is 29.7. The molecule has 0 amide bonds. The van der Waals surface area contributed by atoms with Gasteiger partial charge in [-0.1, -0.05) is 12.1 Å². The Kier molecular flexibility index (Phi) is 12.1. The topological polar surface area (TPSA) is 271 Å². The van der Waals surface area contributed by atoms with Gasteiger partial charge < -0.3 is 39.5 Å². The van der Waals surface area contributed by atoms with E-state index >= 15 is 8.78 Å². The number of ether oxygens (including phenoxy) is 4. The maximum atomic E-state index is 16.8. The van der Waals surface area contributed by atoms with Crippen molar-refractivity contribution in [3.05, 3.63) is 94.9 Å². The van der Waals surface area contributed by atoms with Gasteiger partial charge in [-0.3, -0.25) is 32.5 Å². The van der Waals surface area contributed by atoms with Crippen molar-refractivity contribution in [2.24, 2.45) is 0 Å². The fraction of sp³-hybridized carbons (Fsp3) is 0.351. The third-order valence-electron chi connectivity index (χ3n) is 10.3. The summed E-state index contributed by atoms with van der Waals surface area (Å²) in [5.41, 5.74) is 12.3. The predicted octanol–water partition coefficient (Wildman–Crippen LogP) is 4.95. The lowest BCUT2D eigenvalue weighted by Gasteiger charge is -2.30. The van der Waals surface area contributed by atoms with Gasteiger partial charge in [-0.25, -0.2) is 33.1 Å². The number of benzene rings is 2. The van der Waals surface area contributed by atoms with Crippen LogP contribution in [0.15, 0.2) is 78.2 Å². The molecular formula is C37H36BF2N9O12P2S. The summed E-state index contributed by atoms with van der Waals surface area (Å²) in [4.78, 5) is 44.1. The average molecular weight is 942 g/mol. The van der Waals surface area contributed by atoms with Crippen LogP contribution < -0.4 is 26.5 Å². The Balaban J connectivity index is 0.990. The van der Waals surface area contributed by atoms with E-state index in [2.05, 4.69) is 24.9 Å². The van der Waals surface area contributed by atoms with Crippen LogP contribution in [0, 0.1) is 0 Å². The summed E-state index contributed by atoms with van der Waals surface area (Å²) in [7, 11) is 1.25. The van der Waals surface area contributed by atoms with E-state index in [0.717, 1.165) is 10.9 Å². The molecule has 5 N–H and O–H groups in total. The zero-order chi connectivity index (χ0) is 44.9. The van der Waals surface area contributed by atoms with Gasteiger partial charge in [0.25, 0.3) is 13.0 Å². The van der Waals surface area contributed by atoms with Crippen LogP contribution in [-0.2, 0) is 42.5 Å². The van der Waals surface area contributed by atoms with Crippen LogP contribution in [0.3, 0.4) is 0 Å². The Labute approximate surface area is 365 Å². The largest absolute Gasteiger partial charge is 0.494 e. The number of nitrogens with two attached hydrogens (primary N) is 2. The molecule has 0 saturated carbocycles. The number of imidazole rings is 2. The van der Waals surface area contributed by atoms with E-state index in [4.69, 9.17) is 56.1 Å². The molecule has 0 aliphatic carbocycles. The van der Waals surface area contributed by atoms with Crippen molar-refractivity contribution in [3.8, 4) is 11.5 Å². The van der Waals surface area contributed by atoms with Gasteiger partial charge in [-0.05, 0) is 66.3 Å². The second-order valence-corrected chi connectivity index (χ2v) is 20.1. The second-order valence-electron chi connectivity index (χ2n) is 14.5. The van der Waals surface area contributed by atoms with E-state index in [1.807, 2.05) is 6.92 Å². The molecule has 0 spiro atoms. The van der Waals surface area contributed by atoms with Crippen molar-refractivity contribution < 1.29 is 59.7 Å². The molecule has 64 heavy (non-hydrogen) atoms. The standard InChI is InChI=1S/C37H36BF2N9O12P2S/c1-2-54-20-9-5-19(6-10-20)36(51)57-21-7-3-18(4-8-21)15-64-63(53)56-14-24-29(25(39)35(59-24)49-17-45-28-32(49)46-37(42)47-33(28)50)60-62(38,52)55-13-23-30(61-63)26(40)34(58-23)48-16-44-27-22(41)11-12-43-31(27)48/h3-12,16-17,23-26,29-30,34-35H,2,13-15H2,1H3,(H2,41,43)(H3,42,46,47,50)/t23-,24-,25-,26-,29-,30-,34-,35-,62+,63-/m1/s1. The summed E-state index contributed by atoms with van der Waals surface area (Å²) in [5, 5.41) is 0. The Bertz CT molecular complexity index is 2860. The number of esters is 1. The molecule has 7 heterocycles. The first kappa shape index (κ1) is 44.0. The molecule has 27 heteroatoms. The molecule has 10 atom stereocenters. The van der Waals surface area contributed by atoms with E-state index in [9.17, 15) is 18.7 Å². The molecule has 3 fully saturated rings. The minimum absolute atomic E-state index is 0.0741. The van der Waals surface area contributed by atoms with Crippen molar-refractivity contribution in [2.75, 3.05) is 31.3 Å². The number of anilines is 2. The highest BCUT2D eigenvalue weighted by atomic mass is 32.7. The lowest BCUT2D eigenvalue weighted by Crippen LogP contribution is -2.37. The van der Waals surface area contributed by atoms with Gasteiger partial charge in [-0.15, -0.1) is 0 Å². The number of aromatic nitrogens is 7. The first-order chi connectivity index (χ1) is 30.7. The minimum Gasteiger partial charge on any atom is -0.494 e. The highest BCUT2D eigenvalue weighted by Gasteiger charge is 2.54. The summed E-state index contributed by atoms with van der Waals surface area (Å²) in [5.74, 6) is -0.170. The van der Waals surface area contributed by atoms with Crippen molar-refractivity contribution >= 4 is 73.2 Å². The molecule has 0 bridgehead atoms. The molecule has 2 radical (unpaired) electrons. The lowest BCUT2D eigenvalue weighted by molar-refractivity contribution is -0.0546. The highest BCUT2D eigenvalue weighted by Crippen LogP contribution is 2.65. The number of rotatable bonds is 9. The van der Waals surface area contributed by atoms with E-state index in [0.29, 0.717) is 34.9 Å². The number of carbonyl (C=O) groups is 1. The number of nitrogen functional groups attached to an aromatic ring is 2. The molecule has 3 aliphatic heterocycles. The minimum atomic E-state index is -4.74. The van der Waals surface area contributed by atoms with Crippen LogP contribution in [0.4, 0.5) is 20.4 Å². The van der Waals surface area contributed by atoms with Crippen LogP contribution in [0.25, 0.3) is 22.3 Å². The van der Waals surface area contributed by atoms with Gasteiger partial charge in [0, 0.05) is 11.9 Å². The van der Waals surface area contributed by atoms with Crippen LogP contribution in [0.1, 0.15) is 35.3 Å². The monoisotopic (exact) mass is 941 g/mol. The number of aromatic amines is 1. The first-order valence-corrected chi connectivity index (χ1v) is 24.1. The number of pyridine rings is 1. The summed E-state index contributed by atoms with van der Waals surface area (Å²) < 4.78 is 110. The van der Waals surface area contributed by atoms with Crippen LogP contribution >= 0.6 is 25.7 Å². The number of H-pyrrole nitrogens is 1. The summed E-state index contributed by atoms with van der Waals surface area (Å²) in [6.07, 6.45) is -10.3. The van der Waals surface area contributed by atoms with Gasteiger partial charge in [0.2, 0.25) is 13.5 Å². The number of hydrogen-bond donors (Lipinski definition) is 3. The summed E-state index contributed by atoms with van der Waals surface area (Å²) in [6, 6.07) is 14.2. The van der Waals surface area contributed by atoms with E-state index in [1.165, 1.54) is 35.3 Å². The van der Waals surface area contributed by atoms with E-state index in [-0.39, 0.29) is 45.5 Å². The Morgan fingerprint density at radius 2 is 1.50 bits per heavy atom. The number of nitrogens with zero attached hydrogens (tertiary/aromatic N) is 6. The molecule has 4 aromatic heterocycles. The maximum absolute atomic E-state index is 16.8. The van der Waals surface area contributed by atoms with Gasteiger partial charge in [0.15, 0.2) is 41.6 Å². The molecule has 9 rings (SSSR count). The number of carbonyl (C=O) groups excluding carboxylic acids is 1. The van der Waals surface area contributed by atoms with Crippen molar-refractivity contribution in [3.63, 3.8) is 0 Å². The third-order valence-corrected chi connectivity index (χ3v) is 15.0. The maximum Gasteiger partial charge on any atom is 0.389 e. The molecular weight excluding hydrogens is 905 g/mol. The highest BCUT2D eigenvalue weighted by molar-refractivity contribution is 8.54. The van der Waals surface area contributed by atoms with Crippen LogP contribution in [0.2, 0.25) is 0 Å². The Morgan fingerprint density at radius 3 is 2.19 bits per heavy atom. The van der Waals surface area contributed by atoms with Crippen molar-refractivity contribution in [1.82, 2.24) is 34.1 Å². The van der Waals surface area contributed by atoms with Crippen molar-refractivity contribution in [1.29, 1.82) is 0 Å². The Morgan fingerprint density at radius 1 is 0.875 bits per heavy atom. The number of hydrogen-bond acceptors (Lipinski definition) is 19. The van der Waals surface area contributed by atoms with Gasteiger partial charge in [0.05, 0.1) is 43.7 Å². The van der Waals surface area contributed by atoms with Gasteiger partial charge in [0.1, 0.15) is 41.4 Å². The number of fused-ring (bicyclic) bond motifs is 4. The van der Waals surface area contributed by atoms with Crippen molar-refractivity contribution in [2.45, 2.75) is 61.9 Å². The SMILES string of the molecule is [B][P@]1(=O)OC[C@H]2O[C@@H](n3cnc4c(N)ccnc43)[C@H](F)[C@@H]2O[P@](=O)(SCc2ccc(OC(=O)c3ccc(OCC)cc3)cc2)OC[C@H]2O[C@@H](n3cnc4c(=O)[nH]c(N)nc43)[C@H](F)[C@@H]2O1.